The Bertz CT molecular complexity index is 2830. The Balaban J connectivity index is 1.27. The van der Waals surface area contributed by atoms with E-state index in [1.165, 1.54) is 121 Å². The highest BCUT2D eigenvalue weighted by molar-refractivity contribution is 6.00. The van der Waals surface area contributed by atoms with Crippen LogP contribution in [0.15, 0.2) is 144 Å². The molecule has 6 aliphatic rings. The lowest BCUT2D eigenvalue weighted by atomic mass is 9.53. The van der Waals surface area contributed by atoms with Crippen LogP contribution in [-0.4, -0.2) is 0 Å². The molecule has 62 heavy (non-hydrogen) atoms. The number of allylic oxidation sites excluding steroid dienone is 7. The smallest absolute Gasteiger partial charge is 0.0722 e. The van der Waals surface area contributed by atoms with Crippen molar-refractivity contribution in [3.05, 3.63) is 183 Å². The van der Waals surface area contributed by atoms with Crippen molar-refractivity contribution >= 4 is 16.9 Å². The van der Waals surface area contributed by atoms with Crippen LogP contribution in [0.25, 0.3) is 27.8 Å². The maximum Gasteiger partial charge on any atom is 0.0722 e. The number of fused-ring (bicyclic) bond motifs is 11. The first-order chi connectivity index (χ1) is 29.5. The highest BCUT2D eigenvalue weighted by atomic mass is 15.2. The molecule has 0 saturated heterocycles. The molecule has 314 valence electrons. The fraction of sp³-hybridized carbons (Fsp3) is 0.377. The van der Waals surface area contributed by atoms with E-state index >= 15 is 0 Å². The summed E-state index contributed by atoms with van der Waals surface area (Å²) in [5.74, 6) is 0.916. The van der Waals surface area contributed by atoms with Gasteiger partial charge in [0.05, 0.1) is 11.1 Å². The van der Waals surface area contributed by atoms with Gasteiger partial charge in [0, 0.05) is 16.9 Å². The van der Waals surface area contributed by atoms with E-state index in [1.54, 1.807) is 0 Å². The van der Waals surface area contributed by atoms with Crippen LogP contribution in [0.5, 0.6) is 0 Å². The molecule has 3 atom stereocenters. The number of hydrogen-bond acceptors (Lipinski definition) is 1. The normalized spacial score (nSPS) is 25.2. The van der Waals surface area contributed by atoms with Crippen molar-refractivity contribution in [3.8, 4) is 22.3 Å². The summed E-state index contributed by atoms with van der Waals surface area (Å²) in [6, 6.07) is 40.5. The Hall–Kier alpha value is -5.14. The maximum atomic E-state index is 2.76. The van der Waals surface area contributed by atoms with Crippen LogP contribution < -0.4 is 4.90 Å². The van der Waals surface area contributed by atoms with Gasteiger partial charge in [-0.25, -0.2) is 0 Å². The van der Waals surface area contributed by atoms with Gasteiger partial charge in [-0.05, 0) is 176 Å². The molecule has 5 aromatic rings. The van der Waals surface area contributed by atoms with Gasteiger partial charge in [-0.2, -0.15) is 0 Å². The van der Waals surface area contributed by atoms with Crippen LogP contribution in [0.1, 0.15) is 140 Å². The van der Waals surface area contributed by atoms with Gasteiger partial charge >= 0.3 is 0 Å². The lowest BCUT2D eigenvalue weighted by molar-refractivity contribution is 0.0321. The minimum absolute atomic E-state index is 0.0704. The lowest BCUT2D eigenvalue weighted by Crippen LogP contribution is -2.44. The fourth-order valence-corrected chi connectivity index (χ4v) is 13.3. The molecule has 0 bridgehead atoms. The van der Waals surface area contributed by atoms with Gasteiger partial charge in [-0.3, -0.25) is 0 Å². The van der Waals surface area contributed by atoms with Gasteiger partial charge in [0.1, 0.15) is 0 Å². The third kappa shape index (κ3) is 5.52. The molecule has 0 aliphatic heterocycles. The Morgan fingerprint density at radius 1 is 0.516 bits per heavy atom. The lowest BCUT2D eigenvalue weighted by Gasteiger charge is -2.53. The van der Waals surface area contributed by atoms with Gasteiger partial charge in [-0.1, -0.05) is 165 Å². The second-order valence-electron chi connectivity index (χ2n) is 22.7. The molecule has 1 fully saturated rings. The second-order valence-corrected chi connectivity index (χ2v) is 22.7. The van der Waals surface area contributed by atoms with E-state index in [2.05, 4.69) is 202 Å². The zero-order valence-electron chi connectivity index (χ0n) is 39.0. The van der Waals surface area contributed by atoms with Crippen LogP contribution in [0, 0.1) is 29.6 Å². The summed E-state index contributed by atoms with van der Waals surface area (Å²) < 4.78 is 0. The molecule has 5 aromatic carbocycles. The van der Waals surface area contributed by atoms with E-state index < -0.39 is 5.41 Å². The van der Waals surface area contributed by atoms with Gasteiger partial charge in [0.2, 0.25) is 0 Å². The van der Waals surface area contributed by atoms with Crippen molar-refractivity contribution in [2.24, 2.45) is 22.7 Å². The summed E-state index contributed by atoms with van der Waals surface area (Å²) >= 11 is 0. The van der Waals surface area contributed by atoms with Crippen molar-refractivity contribution in [1.29, 1.82) is 0 Å². The number of aryl methyl sites for hydroxylation is 1. The van der Waals surface area contributed by atoms with Crippen molar-refractivity contribution in [1.82, 2.24) is 0 Å². The van der Waals surface area contributed by atoms with E-state index in [0.29, 0.717) is 11.8 Å². The first kappa shape index (κ1) is 39.7. The topological polar surface area (TPSA) is 3.24 Å². The van der Waals surface area contributed by atoms with E-state index in [0.717, 1.165) is 12.8 Å². The fourth-order valence-electron chi connectivity index (χ4n) is 13.3. The molecular weight excluding hydrogens is 747 g/mol. The summed E-state index contributed by atoms with van der Waals surface area (Å²) in [5.41, 5.74) is 23.8. The highest BCUT2D eigenvalue weighted by Crippen LogP contribution is 2.65. The zero-order chi connectivity index (χ0) is 43.1. The van der Waals surface area contributed by atoms with E-state index in [9.17, 15) is 0 Å². The summed E-state index contributed by atoms with van der Waals surface area (Å²) in [6.07, 6.45) is 17.4. The van der Waals surface area contributed by atoms with Crippen molar-refractivity contribution < 1.29 is 0 Å². The molecular formula is C61H65N. The van der Waals surface area contributed by atoms with E-state index in [4.69, 9.17) is 0 Å². The first-order valence-corrected chi connectivity index (χ1v) is 23.7. The molecule has 1 heteroatoms. The number of benzene rings is 5. The molecule has 1 saturated carbocycles. The summed E-state index contributed by atoms with van der Waals surface area (Å²) in [5, 5.41) is 0. The number of hydrogen-bond donors (Lipinski definition) is 0. The van der Waals surface area contributed by atoms with Crippen molar-refractivity contribution in [3.63, 3.8) is 0 Å². The van der Waals surface area contributed by atoms with E-state index in [1.807, 2.05) is 0 Å². The maximum absolute atomic E-state index is 2.76. The molecule has 0 aromatic heterocycles. The molecule has 1 nitrogen and oxygen atoms in total. The molecule has 1 spiro atoms. The standard InChI is InChI=1S/C61H65N/c1-38-32-50-52(59(7,8)30-28-57(50,3)4)36-54(38)62(55-37-53-51(33-39(55)2)58(5,6)29-31-60(53,9)10)56-35-49-45(34-44(56)40-20-12-11-13-21-40)43-24-16-19-27-48(43)61(49)46-25-17-14-22-41(46)42-23-15-18-26-47(42)61/h11-14,16-22,24-27,32-37,50,52H,15,23,28-31H2,1-10H3. The zero-order valence-corrected chi connectivity index (χ0v) is 39.0. The third-order valence-electron chi connectivity index (χ3n) is 17.1. The SMILES string of the molecule is CC1=CC2C(C=C1N(c1cc3c(cc1C)C(C)(C)CCC3(C)C)c1cc3c(cc1-c1ccccc1)-c1ccccc1C31C3=C(CCC=C3)c3ccccc31)C(C)(C)CCC2(C)C. The Labute approximate surface area is 372 Å². The molecule has 3 unspecified atom stereocenters. The van der Waals surface area contributed by atoms with Crippen LogP contribution >= 0.6 is 0 Å². The van der Waals surface area contributed by atoms with Crippen molar-refractivity contribution in [2.45, 2.75) is 124 Å². The van der Waals surface area contributed by atoms with Gasteiger partial charge in [0.25, 0.3) is 0 Å². The predicted molar refractivity (Wildman–Crippen MR) is 263 cm³/mol. The molecule has 11 rings (SSSR count). The van der Waals surface area contributed by atoms with Crippen LogP contribution in [-0.2, 0) is 16.2 Å². The highest BCUT2D eigenvalue weighted by Gasteiger charge is 2.53. The minimum Gasteiger partial charge on any atom is -0.310 e. The second kappa shape index (κ2) is 13.4. The Morgan fingerprint density at radius 3 is 1.79 bits per heavy atom. The largest absolute Gasteiger partial charge is 0.310 e. The van der Waals surface area contributed by atoms with Gasteiger partial charge in [0.15, 0.2) is 0 Å². The van der Waals surface area contributed by atoms with Gasteiger partial charge < -0.3 is 4.90 Å². The third-order valence-corrected chi connectivity index (χ3v) is 17.1. The van der Waals surface area contributed by atoms with Crippen molar-refractivity contribution in [2.75, 3.05) is 4.90 Å². The summed E-state index contributed by atoms with van der Waals surface area (Å²) in [7, 11) is 0. The van der Waals surface area contributed by atoms with Crippen LogP contribution in [0.3, 0.4) is 0 Å². The number of nitrogens with zero attached hydrogens (tertiary/aromatic N) is 1. The predicted octanol–water partition coefficient (Wildman–Crippen LogP) is 16.5. The molecule has 0 N–H and O–H groups in total. The molecule has 0 heterocycles. The Morgan fingerprint density at radius 2 is 1.10 bits per heavy atom. The summed E-state index contributed by atoms with van der Waals surface area (Å²) in [6.45, 7) is 24.8. The van der Waals surface area contributed by atoms with Crippen LogP contribution in [0.2, 0.25) is 0 Å². The van der Waals surface area contributed by atoms with Gasteiger partial charge in [-0.15, -0.1) is 0 Å². The van der Waals surface area contributed by atoms with Crippen LogP contribution in [0.4, 0.5) is 11.4 Å². The average molecular weight is 812 g/mol. The first-order valence-electron chi connectivity index (χ1n) is 23.7. The minimum atomic E-state index is -0.395. The number of rotatable bonds is 4. The van der Waals surface area contributed by atoms with E-state index in [-0.39, 0.29) is 21.7 Å². The molecule has 0 amide bonds. The molecule has 6 aliphatic carbocycles. The molecule has 0 radical (unpaired) electrons. The number of anilines is 2. The summed E-state index contributed by atoms with van der Waals surface area (Å²) in [4.78, 5) is 2.76. The Kier molecular flexibility index (Phi) is 8.60. The average Bonchev–Trinajstić information content (AvgIpc) is 3.72. The quantitative estimate of drug-likeness (QED) is 0.175. The monoisotopic (exact) mass is 812 g/mol.